The number of nitrogens with one attached hydrogen (secondary N) is 2. The minimum Gasteiger partial charge on any atom is -0.508 e. The fraction of sp³-hybridized carbons (Fsp3) is 0.396. The van der Waals surface area contributed by atoms with Gasteiger partial charge >= 0.3 is 6.01 Å². The van der Waals surface area contributed by atoms with Crippen LogP contribution in [-0.2, 0) is 6.54 Å². The van der Waals surface area contributed by atoms with E-state index in [1.165, 1.54) is 6.07 Å². The number of rotatable bonds is 13. The van der Waals surface area contributed by atoms with Crippen LogP contribution in [0.25, 0.3) is 50.0 Å². The highest BCUT2D eigenvalue weighted by atomic mass is 19.1. The van der Waals surface area contributed by atoms with E-state index in [1.807, 2.05) is 69.3 Å². The third-order valence-corrected chi connectivity index (χ3v) is 15.0. The van der Waals surface area contributed by atoms with Gasteiger partial charge in [0.2, 0.25) is 5.82 Å². The number of aromatic nitrogens is 6. The van der Waals surface area contributed by atoms with Crippen LogP contribution < -0.4 is 20.3 Å². The van der Waals surface area contributed by atoms with E-state index in [4.69, 9.17) is 14.7 Å². The molecule has 5 N–H and O–H groups in total. The highest BCUT2D eigenvalue weighted by molar-refractivity contribution is 6.00. The van der Waals surface area contributed by atoms with Crippen molar-refractivity contribution in [2.75, 3.05) is 51.3 Å². The predicted octanol–water partition coefficient (Wildman–Crippen LogP) is 7.28. The molecule has 362 valence electrons. The number of amides is 1. The number of anilines is 1. The molecule has 2 bridgehead atoms. The Labute approximate surface area is 405 Å². The van der Waals surface area contributed by atoms with Crippen LogP contribution in [0.15, 0.2) is 79.0 Å². The summed E-state index contributed by atoms with van der Waals surface area (Å²) in [5.41, 5.74) is 3.17. The van der Waals surface area contributed by atoms with Crippen LogP contribution in [0.3, 0.4) is 0 Å². The Morgan fingerprint density at radius 2 is 1.74 bits per heavy atom. The lowest BCUT2D eigenvalue weighted by molar-refractivity contribution is 0.0943. The number of phenolic OH excluding ortho intramolecular Hbond substituents is 3. The Balaban J connectivity index is 0.848. The number of hydrogen-bond donors (Lipinski definition) is 5. The monoisotopic (exact) mass is 947 g/mol. The van der Waals surface area contributed by atoms with Crippen molar-refractivity contribution in [3.63, 3.8) is 0 Å². The third kappa shape index (κ3) is 8.18. The van der Waals surface area contributed by atoms with E-state index < -0.39 is 11.7 Å². The third-order valence-electron chi connectivity index (χ3n) is 15.0. The quantitative estimate of drug-likeness (QED) is 0.0776. The Bertz CT molecular complexity index is 3140. The van der Waals surface area contributed by atoms with Gasteiger partial charge in [0.05, 0.1) is 16.5 Å². The number of carbonyl (C=O) groups excluding carboxylic acids is 1. The molecule has 11 rings (SSSR count). The number of phenols is 3. The van der Waals surface area contributed by atoms with Gasteiger partial charge in [-0.05, 0) is 111 Å². The lowest BCUT2D eigenvalue weighted by atomic mass is 9.93. The molecule has 70 heavy (non-hydrogen) atoms. The van der Waals surface area contributed by atoms with Crippen molar-refractivity contribution in [2.45, 2.75) is 89.0 Å². The van der Waals surface area contributed by atoms with E-state index >= 15 is 4.39 Å². The summed E-state index contributed by atoms with van der Waals surface area (Å²) >= 11 is 0. The normalized spacial score (nSPS) is 21.1. The fourth-order valence-electron chi connectivity index (χ4n) is 11.5. The average Bonchev–Trinajstić information content (AvgIpc) is 4.13. The van der Waals surface area contributed by atoms with E-state index in [-0.39, 0.29) is 63.6 Å². The highest BCUT2D eigenvalue weighted by Gasteiger charge is 2.50. The van der Waals surface area contributed by atoms with Crippen molar-refractivity contribution in [1.82, 2.24) is 50.1 Å². The number of benzene rings is 4. The van der Waals surface area contributed by atoms with Gasteiger partial charge in [-0.1, -0.05) is 50.2 Å². The Kier molecular flexibility index (Phi) is 11.8. The molecular formula is C53H58FN11O5. The SMILES string of the molecule is CCNC(=O)c1nnc(-c2cc(C(C)C)c(O)cc2O)n1-c1ccc(CN(C)[C@@H]2CN3CCC[C@@]3(COc3nc(N4CC5CCC(C4)N5)c4cnc(-c5cc(O)cc6ccccc56)c(F)c4n3)C2)cc1. The van der Waals surface area contributed by atoms with Gasteiger partial charge in [0.25, 0.3) is 5.91 Å². The maximum absolute atomic E-state index is 17.1. The molecule has 7 aromatic rings. The first-order chi connectivity index (χ1) is 33.9. The molecular weight excluding hydrogens is 890 g/mol. The topological polar surface area (TPSA) is 190 Å². The molecule has 16 nitrogen and oxygen atoms in total. The van der Waals surface area contributed by atoms with E-state index in [2.05, 4.69) is 47.6 Å². The summed E-state index contributed by atoms with van der Waals surface area (Å²) < 4.78 is 25.5. The van der Waals surface area contributed by atoms with Crippen LogP contribution in [0.2, 0.25) is 0 Å². The number of ether oxygens (including phenoxy) is 1. The summed E-state index contributed by atoms with van der Waals surface area (Å²) in [7, 11) is 2.14. The Morgan fingerprint density at radius 1 is 0.957 bits per heavy atom. The van der Waals surface area contributed by atoms with Crippen LogP contribution in [0.5, 0.6) is 23.3 Å². The lowest BCUT2D eigenvalue weighted by Crippen LogP contribution is -2.51. The van der Waals surface area contributed by atoms with Gasteiger partial charge in [0.15, 0.2) is 11.6 Å². The minimum absolute atomic E-state index is 0.0174. The van der Waals surface area contributed by atoms with Crippen LogP contribution in [0, 0.1) is 5.82 Å². The average molecular weight is 948 g/mol. The molecule has 4 aromatic carbocycles. The smallest absolute Gasteiger partial charge is 0.319 e. The number of likely N-dealkylation sites (N-methyl/N-ethyl adjacent to an activating group) is 1. The van der Waals surface area contributed by atoms with Gasteiger partial charge in [-0.3, -0.25) is 24.1 Å². The zero-order chi connectivity index (χ0) is 48.4. The minimum atomic E-state index is -0.586. The van der Waals surface area contributed by atoms with Crippen molar-refractivity contribution in [3.05, 3.63) is 102 Å². The summed E-state index contributed by atoms with van der Waals surface area (Å²) in [5, 5.41) is 49.5. The summed E-state index contributed by atoms with van der Waals surface area (Å²) in [6.07, 6.45) is 6.67. The van der Waals surface area contributed by atoms with Crippen molar-refractivity contribution in [2.24, 2.45) is 0 Å². The molecule has 7 heterocycles. The van der Waals surface area contributed by atoms with Crippen LogP contribution >= 0.6 is 0 Å². The number of fused-ring (bicyclic) bond motifs is 5. The molecule has 4 atom stereocenters. The Morgan fingerprint density at radius 3 is 2.51 bits per heavy atom. The van der Waals surface area contributed by atoms with E-state index in [1.54, 1.807) is 29.0 Å². The van der Waals surface area contributed by atoms with Crippen molar-refractivity contribution >= 4 is 33.4 Å². The molecule has 0 saturated carbocycles. The van der Waals surface area contributed by atoms with Gasteiger partial charge in [-0.2, -0.15) is 9.97 Å². The first-order valence-electron chi connectivity index (χ1n) is 24.4. The summed E-state index contributed by atoms with van der Waals surface area (Å²) in [6.45, 7) is 10.4. The Hall–Kier alpha value is -6.95. The second-order valence-corrected chi connectivity index (χ2v) is 19.9. The number of aromatic hydroxyl groups is 3. The van der Waals surface area contributed by atoms with Crippen molar-refractivity contribution in [1.29, 1.82) is 0 Å². The number of carbonyl (C=O) groups is 1. The molecule has 3 aromatic heterocycles. The van der Waals surface area contributed by atoms with Crippen molar-refractivity contribution < 1.29 is 29.2 Å². The molecule has 4 aliphatic rings. The molecule has 0 aliphatic carbocycles. The second kappa shape index (κ2) is 18.1. The van der Waals surface area contributed by atoms with E-state index in [0.717, 1.165) is 74.6 Å². The zero-order valence-electron chi connectivity index (χ0n) is 39.9. The largest absolute Gasteiger partial charge is 0.508 e. The maximum atomic E-state index is 17.1. The highest BCUT2D eigenvalue weighted by Crippen LogP contribution is 2.43. The molecule has 2 unspecified atom stereocenters. The standard InChI is InChI=1S/C53H58FN11O5/c1-5-55-51(69)50-61-60-49(41-21-39(30(2)3)43(67)22-44(41)68)65(50)35-15-11-31(12-16-35)25-62(4)36-23-53(17-8-18-64(53)28-36)29-70-52-58-47-42(48(59-52)63-26-33-13-14-34(27-63)57-33)24-56-46(45(47)54)40-20-37(66)19-32-9-6-7-10-38(32)40/h6-7,9-12,15-16,19-22,24,30,33-34,36,57,66-68H,5,8,13-14,17-18,23,25-29H2,1-4H3,(H,55,69)/t33?,34?,36-,53-/m0/s1. The number of piperazine rings is 1. The van der Waals surface area contributed by atoms with E-state index in [9.17, 15) is 20.1 Å². The summed E-state index contributed by atoms with van der Waals surface area (Å²) in [6, 6.07) is 22.7. The molecule has 4 aliphatic heterocycles. The first-order valence-corrected chi connectivity index (χ1v) is 24.4. The number of halogens is 1. The van der Waals surface area contributed by atoms with Gasteiger partial charge in [0, 0.05) is 74.4 Å². The zero-order valence-corrected chi connectivity index (χ0v) is 39.9. The van der Waals surface area contributed by atoms with Gasteiger partial charge in [-0.15, -0.1) is 10.2 Å². The maximum Gasteiger partial charge on any atom is 0.319 e. The summed E-state index contributed by atoms with van der Waals surface area (Å²) in [4.78, 5) is 34.9. The predicted molar refractivity (Wildman–Crippen MR) is 265 cm³/mol. The second-order valence-electron chi connectivity index (χ2n) is 19.9. The van der Waals surface area contributed by atoms with Crippen molar-refractivity contribution in [3.8, 4) is 51.6 Å². The molecule has 17 heteroatoms. The van der Waals surface area contributed by atoms with Crippen LogP contribution in [-0.4, -0.2) is 131 Å². The number of nitrogens with zero attached hydrogens (tertiary/aromatic N) is 9. The number of pyridine rings is 1. The molecule has 4 fully saturated rings. The van der Waals surface area contributed by atoms with Gasteiger partial charge in [-0.25, -0.2) is 4.39 Å². The number of hydrogen-bond acceptors (Lipinski definition) is 14. The van der Waals surface area contributed by atoms with Crippen LogP contribution in [0.4, 0.5) is 10.2 Å². The van der Waals surface area contributed by atoms with E-state index in [0.29, 0.717) is 65.4 Å². The van der Waals surface area contributed by atoms with Gasteiger partial charge in [0.1, 0.15) is 40.9 Å². The fourth-order valence-corrected chi connectivity index (χ4v) is 11.5. The van der Waals surface area contributed by atoms with Crippen LogP contribution in [0.1, 0.15) is 80.5 Å². The van der Waals surface area contributed by atoms with Gasteiger partial charge < -0.3 is 35.6 Å². The molecule has 0 radical (unpaired) electrons. The molecule has 0 spiro atoms. The molecule has 1 amide bonds. The first kappa shape index (κ1) is 45.5. The lowest BCUT2D eigenvalue weighted by Gasteiger charge is -2.34. The molecule has 4 saturated heterocycles. The summed E-state index contributed by atoms with van der Waals surface area (Å²) in [5.74, 6) is -0.208.